The van der Waals surface area contributed by atoms with Crippen molar-refractivity contribution in [2.24, 2.45) is 0 Å². The van der Waals surface area contributed by atoms with E-state index < -0.39 is 0 Å². The normalized spacial score (nSPS) is 18.9. The molecule has 0 N–H and O–H groups in total. The Morgan fingerprint density at radius 2 is 1.71 bits per heavy atom. The van der Waals surface area contributed by atoms with Gasteiger partial charge >= 0.3 is 0 Å². The minimum atomic E-state index is 0.103. The number of hydrogen-bond acceptors (Lipinski definition) is 1. The number of benzene rings is 2. The van der Waals surface area contributed by atoms with Crippen molar-refractivity contribution in [1.29, 1.82) is 0 Å². The van der Waals surface area contributed by atoms with Gasteiger partial charge in [0.1, 0.15) is 0 Å². The van der Waals surface area contributed by atoms with Crippen LogP contribution < -0.4 is 4.90 Å². The molecule has 2 aromatic carbocycles. The summed E-state index contributed by atoms with van der Waals surface area (Å²) < 4.78 is 0. The first-order valence-corrected chi connectivity index (χ1v) is 7.67. The third-order valence-electron chi connectivity index (χ3n) is 4.02. The first kappa shape index (κ1) is 14.2. The second-order valence-electron chi connectivity index (χ2n) is 5.56. The van der Waals surface area contributed by atoms with Crippen LogP contribution in [-0.4, -0.2) is 5.91 Å². The Morgan fingerprint density at radius 1 is 1.05 bits per heavy atom. The minimum absolute atomic E-state index is 0.103. The third-order valence-corrected chi connectivity index (χ3v) is 4.27. The standard InChI is InChI=1S/C18H18ClNO/c1-13-5-11-16(12-6-13)20-17(3-2-4-18(20)21)14-7-9-15(19)10-8-14/h5-12,17H,2-4H2,1H3. The number of amides is 1. The van der Waals surface area contributed by atoms with Crippen LogP contribution in [0.1, 0.15) is 36.4 Å². The van der Waals surface area contributed by atoms with E-state index in [0.29, 0.717) is 6.42 Å². The fourth-order valence-corrected chi connectivity index (χ4v) is 3.03. The van der Waals surface area contributed by atoms with Gasteiger partial charge in [-0.2, -0.15) is 0 Å². The van der Waals surface area contributed by atoms with Crippen molar-refractivity contribution in [3.8, 4) is 0 Å². The summed E-state index contributed by atoms with van der Waals surface area (Å²) in [5.74, 6) is 0.199. The van der Waals surface area contributed by atoms with Crippen LogP contribution >= 0.6 is 11.6 Å². The van der Waals surface area contributed by atoms with Gasteiger partial charge in [-0.15, -0.1) is 0 Å². The molecule has 1 aliphatic heterocycles. The summed E-state index contributed by atoms with van der Waals surface area (Å²) in [7, 11) is 0. The maximum Gasteiger partial charge on any atom is 0.227 e. The van der Waals surface area contributed by atoms with E-state index in [9.17, 15) is 4.79 Å². The number of piperidine rings is 1. The number of rotatable bonds is 2. The fourth-order valence-electron chi connectivity index (χ4n) is 2.90. The van der Waals surface area contributed by atoms with Gasteiger partial charge in [0.15, 0.2) is 0 Å². The van der Waals surface area contributed by atoms with Crippen molar-refractivity contribution in [1.82, 2.24) is 0 Å². The summed E-state index contributed by atoms with van der Waals surface area (Å²) in [5, 5.41) is 0.725. The summed E-state index contributed by atoms with van der Waals surface area (Å²) >= 11 is 5.97. The Balaban J connectivity index is 1.98. The van der Waals surface area contributed by atoms with Crippen LogP contribution in [0.5, 0.6) is 0 Å². The van der Waals surface area contributed by atoms with Gasteiger partial charge < -0.3 is 4.90 Å². The lowest BCUT2D eigenvalue weighted by Crippen LogP contribution is -2.38. The number of halogens is 1. The second-order valence-corrected chi connectivity index (χ2v) is 6.00. The van der Waals surface area contributed by atoms with E-state index >= 15 is 0 Å². The molecule has 108 valence electrons. The van der Waals surface area contributed by atoms with Crippen LogP contribution in [0.3, 0.4) is 0 Å². The van der Waals surface area contributed by atoms with E-state index in [1.165, 1.54) is 5.56 Å². The van der Waals surface area contributed by atoms with Crippen molar-refractivity contribution in [2.75, 3.05) is 4.90 Å². The highest BCUT2D eigenvalue weighted by Gasteiger charge is 2.30. The number of carbonyl (C=O) groups is 1. The molecule has 1 saturated heterocycles. The summed E-state index contributed by atoms with van der Waals surface area (Å²) in [5.41, 5.74) is 3.32. The number of nitrogens with zero attached hydrogens (tertiary/aromatic N) is 1. The predicted octanol–water partition coefficient (Wildman–Crippen LogP) is 4.91. The SMILES string of the molecule is Cc1ccc(N2C(=O)CCCC2c2ccc(Cl)cc2)cc1. The van der Waals surface area contributed by atoms with Crippen molar-refractivity contribution >= 4 is 23.2 Å². The molecule has 2 nitrogen and oxygen atoms in total. The molecule has 1 amide bonds. The quantitative estimate of drug-likeness (QED) is 0.772. The number of anilines is 1. The second kappa shape index (κ2) is 5.90. The van der Waals surface area contributed by atoms with Gasteiger partial charge in [0.05, 0.1) is 6.04 Å². The third kappa shape index (κ3) is 2.96. The van der Waals surface area contributed by atoms with Crippen molar-refractivity contribution < 1.29 is 4.79 Å². The lowest BCUT2D eigenvalue weighted by Gasteiger charge is -2.36. The zero-order chi connectivity index (χ0) is 14.8. The van der Waals surface area contributed by atoms with Gasteiger partial charge in [-0.3, -0.25) is 4.79 Å². The van der Waals surface area contributed by atoms with Gasteiger partial charge in [0, 0.05) is 17.1 Å². The van der Waals surface area contributed by atoms with Crippen LogP contribution in [0.2, 0.25) is 5.02 Å². The molecule has 3 heteroatoms. The van der Waals surface area contributed by atoms with E-state index in [1.54, 1.807) is 0 Å². The first-order chi connectivity index (χ1) is 10.1. The van der Waals surface area contributed by atoms with Gasteiger partial charge in [0.2, 0.25) is 5.91 Å². The Morgan fingerprint density at radius 3 is 2.38 bits per heavy atom. The Labute approximate surface area is 130 Å². The average Bonchev–Trinajstić information content (AvgIpc) is 2.49. The molecule has 1 unspecified atom stereocenters. The van der Waals surface area contributed by atoms with Gasteiger partial charge in [0.25, 0.3) is 0 Å². The van der Waals surface area contributed by atoms with Crippen molar-refractivity contribution in [2.45, 2.75) is 32.2 Å². The monoisotopic (exact) mass is 299 g/mol. The molecule has 21 heavy (non-hydrogen) atoms. The smallest absolute Gasteiger partial charge is 0.227 e. The average molecular weight is 300 g/mol. The molecule has 1 atom stereocenters. The van der Waals surface area contributed by atoms with Crippen molar-refractivity contribution in [3.05, 3.63) is 64.7 Å². The van der Waals surface area contributed by atoms with Crippen LogP contribution in [0.25, 0.3) is 0 Å². The van der Waals surface area contributed by atoms with Gasteiger partial charge in [-0.25, -0.2) is 0 Å². The highest BCUT2D eigenvalue weighted by atomic mass is 35.5. The van der Waals surface area contributed by atoms with E-state index in [1.807, 2.05) is 41.3 Å². The maximum atomic E-state index is 12.4. The molecule has 0 aliphatic carbocycles. The summed E-state index contributed by atoms with van der Waals surface area (Å²) in [6.45, 7) is 2.05. The molecule has 3 rings (SSSR count). The summed E-state index contributed by atoms with van der Waals surface area (Å²) in [4.78, 5) is 14.4. The largest absolute Gasteiger partial charge is 0.305 e. The fraction of sp³-hybridized carbons (Fsp3) is 0.278. The van der Waals surface area contributed by atoms with E-state index in [-0.39, 0.29) is 11.9 Å². The topological polar surface area (TPSA) is 20.3 Å². The van der Waals surface area contributed by atoms with E-state index in [0.717, 1.165) is 29.1 Å². The van der Waals surface area contributed by atoms with E-state index in [4.69, 9.17) is 11.6 Å². The predicted molar refractivity (Wildman–Crippen MR) is 86.7 cm³/mol. The summed E-state index contributed by atoms with van der Waals surface area (Å²) in [6.07, 6.45) is 2.55. The highest BCUT2D eigenvalue weighted by molar-refractivity contribution is 6.30. The van der Waals surface area contributed by atoms with Gasteiger partial charge in [-0.05, 0) is 49.6 Å². The number of aryl methyl sites for hydroxylation is 1. The van der Waals surface area contributed by atoms with Gasteiger partial charge in [-0.1, -0.05) is 41.4 Å². The molecular formula is C18H18ClNO. The zero-order valence-corrected chi connectivity index (χ0v) is 12.8. The lowest BCUT2D eigenvalue weighted by molar-refractivity contribution is -0.120. The van der Waals surface area contributed by atoms with Crippen LogP contribution in [0.4, 0.5) is 5.69 Å². The maximum absolute atomic E-state index is 12.4. The van der Waals surface area contributed by atoms with Crippen LogP contribution in [0, 0.1) is 6.92 Å². The molecule has 0 aromatic heterocycles. The van der Waals surface area contributed by atoms with Crippen molar-refractivity contribution in [3.63, 3.8) is 0 Å². The lowest BCUT2D eigenvalue weighted by atomic mass is 9.94. The first-order valence-electron chi connectivity index (χ1n) is 7.29. The van der Waals surface area contributed by atoms with Crippen LogP contribution in [0.15, 0.2) is 48.5 Å². The summed E-state index contributed by atoms with van der Waals surface area (Å²) in [6, 6.07) is 16.1. The highest BCUT2D eigenvalue weighted by Crippen LogP contribution is 2.36. The molecular weight excluding hydrogens is 282 g/mol. The molecule has 0 saturated carbocycles. The molecule has 0 spiro atoms. The molecule has 0 radical (unpaired) electrons. The van der Waals surface area contributed by atoms with Crippen LogP contribution in [-0.2, 0) is 4.79 Å². The molecule has 1 aliphatic rings. The minimum Gasteiger partial charge on any atom is -0.305 e. The Hall–Kier alpha value is -1.80. The molecule has 0 bridgehead atoms. The molecule has 1 fully saturated rings. The number of hydrogen-bond donors (Lipinski definition) is 0. The molecule has 2 aromatic rings. The number of carbonyl (C=O) groups excluding carboxylic acids is 1. The van der Waals surface area contributed by atoms with E-state index in [2.05, 4.69) is 19.1 Å². The Bertz CT molecular complexity index is 633. The zero-order valence-electron chi connectivity index (χ0n) is 12.1. The molecule has 1 heterocycles. The Kier molecular flexibility index (Phi) is 3.98.